The molecule has 2 aromatic heterocycles. The summed E-state index contributed by atoms with van der Waals surface area (Å²) < 4.78 is 2.24. The molecule has 5 aromatic rings. The smallest absolute Gasteiger partial charge is 0.275 e. The van der Waals surface area contributed by atoms with Crippen LogP contribution in [0.15, 0.2) is 65.5 Å². The summed E-state index contributed by atoms with van der Waals surface area (Å²) in [5.74, 6) is 0. The second kappa shape index (κ2) is 6.87. The van der Waals surface area contributed by atoms with Crippen molar-refractivity contribution in [1.82, 2.24) is 14.5 Å². The van der Waals surface area contributed by atoms with Gasteiger partial charge in [-0.05, 0) is 37.4 Å². The van der Waals surface area contributed by atoms with Crippen LogP contribution in [-0.2, 0) is 6.54 Å². The van der Waals surface area contributed by atoms with Gasteiger partial charge in [-0.25, -0.2) is 4.98 Å². The molecule has 0 atom stereocenters. The van der Waals surface area contributed by atoms with Crippen molar-refractivity contribution < 1.29 is 0 Å². The number of nitrogens with two attached hydrogens (primary N) is 1. The van der Waals surface area contributed by atoms with E-state index < -0.39 is 0 Å². The molecule has 0 amide bonds. The first kappa shape index (κ1) is 17.6. The fourth-order valence-electron chi connectivity index (χ4n) is 4.26. The summed E-state index contributed by atoms with van der Waals surface area (Å²) in [6, 6.07) is 20.2. The van der Waals surface area contributed by atoms with Gasteiger partial charge in [0.2, 0.25) is 0 Å². The van der Waals surface area contributed by atoms with E-state index in [0.29, 0.717) is 12.2 Å². The van der Waals surface area contributed by atoms with Gasteiger partial charge in [-0.1, -0.05) is 48.5 Å². The topological polar surface area (TPSA) is 76.7 Å². The number of aromatic amines is 1. The maximum absolute atomic E-state index is 13.0. The molecule has 0 aliphatic rings. The molecule has 0 saturated carbocycles. The minimum absolute atomic E-state index is 0.169. The Balaban J connectivity index is 1.85. The minimum atomic E-state index is -0.169. The van der Waals surface area contributed by atoms with Crippen molar-refractivity contribution in [2.45, 2.75) is 19.9 Å². The second-order valence-electron chi connectivity index (χ2n) is 7.37. The van der Waals surface area contributed by atoms with Gasteiger partial charge in [0.15, 0.2) is 0 Å². The molecule has 0 fully saturated rings. The molecule has 144 valence electrons. The highest BCUT2D eigenvalue weighted by Crippen LogP contribution is 2.33. The van der Waals surface area contributed by atoms with E-state index in [4.69, 9.17) is 10.7 Å². The van der Waals surface area contributed by atoms with Crippen LogP contribution in [0.3, 0.4) is 0 Å². The van der Waals surface area contributed by atoms with E-state index in [1.165, 1.54) is 0 Å². The quantitative estimate of drug-likeness (QED) is 0.454. The number of hydrogen-bond acceptors (Lipinski definition) is 3. The number of aryl methyl sites for hydroxylation is 1. The lowest BCUT2D eigenvalue weighted by atomic mass is 10.1. The van der Waals surface area contributed by atoms with Gasteiger partial charge in [-0.15, -0.1) is 0 Å². The molecular formula is C24H22N4O. The van der Waals surface area contributed by atoms with Crippen LogP contribution < -0.4 is 11.3 Å². The first-order valence-electron chi connectivity index (χ1n) is 9.89. The Morgan fingerprint density at radius 2 is 1.76 bits per heavy atom. The summed E-state index contributed by atoms with van der Waals surface area (Å²) >= 11 is 0. The van der Waals surface area contributed by atoms with Crippen LogP contribution in [0.25, 0.3) is 44.0 Å². The van der Waals surface area contributed by atoms with Gasteiger partial charge in [-0.2, -0.15) is 0 Å². The number of nitrogens with one attached hydrogen (secondary N) is 1. The molecule has 0 bridgehead atoms. The van der Waals surface area contributed by atoms with Gasteiger partial charge in [0.25, 0.3) is 5.56 Å². The van der Waals surface area contributed by atoms with E-state index in [2.05, 4.69) is 34.7 Å². The largest absolute Gasteiger partial charge is 0.344 e. The van der Waals surface area contributed by atoms with Gasteiger partial charge < -0.3 is 15.3 Å². The molecule has 5 rings (SSSR count). The predicted octanol–water partition coefficient (Wildman–Crippen LogP) is 4.36. The summed E-state index contributed by atoms with van der Waals surface area (Å²) in [6.07, 6.45) is 0.880. The highest BCUT2D eigenvalue weighted by molar-refractivity contribution is 6.05. The van der Waals surface area contributed by atoms with Crippen molar-refractivity contribution in [3.05, 3.63) is 76.7 Å². The average molecular weight is 382 g/mol. The summed E-state index contributed by atoms with van der Waals surface area (Å²) in [4.78, 5) is 21.0. The van der Waals surface area contributed by atoms with Crippen LogP contribution in [0.1, 0.15) is 12.1 Å². The second-order valence-corrected chi connectivity index (χ2v) is 7.37. The van der Waals surface area contributed by atoms with Crippen molar-refractivity contribution in [2.24, 2.45) is 5.73 Å². The number of hydrogen-bond donors (Lipinski definition) is 2. The first-order valence-corrected chi connectivity index (χ1v) is 9.89. The maximum atomic E-state index is 13.0. The Morgan fingerprint density at radius 3 is 2.59 bits per heavy atom. The normalized spacial score (nSPS) is 11.7. The number of H-pyrrole nitrogens is 1. The van der Waals surface area contributed by atoms with E-state index >= 15 is 0 Å². The standard InChI is InChI=1S/C24H22N4O/c1-15-21(18-9-4-5-10-20(18)28(15)14-6-13-25)23-24(29)26-19-12-11-16-7-2-3-8-17(16)22(19)27-23/h2-5,7-12H,6,13-14,25H2,1H3,(H,26,29). The third kappa shape index (κ3) is 2.74. The van der Waals surface area contributed by atoms with Gasteiger partial charge in [0.1, 0.15) is 5.69 Å². The number of para-hydroxylation sites is 1. The molecule has 0 saturated heterocycles. The zero-order valence-corrected chi connectivity index (χ0v) is 16.3. The molecule has 5 nitrogen and oxygen atoms in total. The molecule has 3 aromatic carbocycles. The summed E-state index contributed by atoms with van der Waals surface area (Å²) in [5.41, 5.74) is 10.7. The molecule has 0 spiro atoms. The number of benzene rings is 3. The summed E-state index contributed by atoms with van der Waals surface area (Å²) in [7, 11) is 0. The number of rotatable bonds is 4. The Kier molecular flexibility index (Phi) is 4.18. The van der Waals surface area contributed by atoms with E-state index in [-0.39, 0.29) is 5.56 Å². The summed E-state index contributed by atoms with van der Waals surface area (Å²) in [6.45, 7) is 3.50. The van der Waals surface area contributed by atoms with Crippen LogP contribution in [0.4, 0.5) is 0 Å². The number of fused-ring (bicyclic) bond motifs is 4. The van der Waals surface area contributed by atoms with Crippen molar-refractivity contribution in [1.29, 1.82) is 0 Å². The molecule has 0 aliphatic carbocycles. The first-order chi connectivity index (χ1) is 14.2. The molecule has 2 heterocycles. The van der Waals surface area contributed by atoms with Crippen LogP contribution in [0.2, 0.25) is 0 Å². The lowest BCUT2D eigenvalue weighted by Gasteiger charge is -2.08. The molecule has 29 heavy (non-hydrogen) atoms. The number of nitrogens with zero attached hydrogens (tertiary/aromatic N) is 2. The molecule has 0 unspecified atom stereocenters. The lowest BCUT2D eigenvalue weighted by molar-refractivity contribution is 0.657. The van der Waals surface area contributed by atoms with Gasteiger partial charge in [0.05, 0.1) is 11.0 Å². The van der Waals surface area contributed by atoms with Gasteiger partial charge in [0, 0.05) is 34.1 Å². The number of aromatic nitrogens is 3. The average Bonchev–Trinajstić information content (AvgIpc) is 3.02. The Hall–Kier alpha value is -3.44. The molecule has 0 aliphatic heterocycles. The van der Waals surface area contributed by atoms with Crippen LogP contribution in [0, 0.1) is 6.92 Å². The lowest BCUT2D eigenvalue weighted by Crippen LogP contribution is -2.12. The fourth-order valence-corrected chi connectivity index (χ4v) is 4.26. The van der Waals surface area contributed by atoms with Crippen molar-refractivity contribution in [2.75, 3.05) is 6.54 Å². The maximum Gasteiger partial charge on any atom is 0.275 e. The highest BCUT2D eigenvalue weighted by atomic mass is 16.1. The zero-order chi connectivity index (χ0) is 20.0. The monoisotopic (exact) mass is 382 g/mol. The van der Waals surface area contributed by atoms with E-state index in [9.17, 15) is 4.79 Å². The summed E-state index contributed by atoms with van der Waals surface area (Å²) in [5, 5.41) is 3.18. The highest BCUT2D eigenvalue weighted by Gasteiger charge is 2.19. The Labute approximate surface area is 167 Å². The van der Waals surface area contributed by atoms with Crippen LogP contribution in [-0.4, -0.2) is 21.1 Å². The molecule has 3 N–H and O–H groups in total. The van der Waals surface area contributed by atoms with E-state index in [1.807, 2.05) is 42.5 Å². The van der Waals surface area contributed by atoms with E-state index in [0.717, 1.165) is 56.9 Å². The van der Waals surface area contributed by atoms with Gasteiger partial charge >= 0.3 is 0 Å². The third-order valence-corrected chi connectivity index (χ3v) is 5.64. The Bertz CT molecular complexity index is 1430. The van der Waals surface area contributed by atoms with Crippen molar-refractivity contribution in [3.63, 3.8) is 0 Å². The molecule has 5 heteroatoms. The molecule has 0 radical (unpaired) electrons. The van der Waals surface area contributed by atoms with Gasteiger partial charge in [-0.3, -0.25) is 4.79 Å². The fraction of sp³-hybridized carbons (Fsp3) is 0.167. The predicted molar refractivity (Wildman–Crippen MR) is 119 cm³/mol. The van der Waals surface area contributed by atoms with Crippen LogP contribution in [0.5, 0.6) is 0 Å². The molecular weight excluding hydrogens is 360 g/mol. The van der Waals surface area contributed by atoms with Crippen molar-refractivity contribution >= 4 is 32.7 Å². The Morgan fingerprint density at radius 1 is 1.00 bits per heavy atom. The zero-order valence-electron chi connectivity index (χ0n) is 16.3. The minimum Gasteiger partial charge on any atom is -0.344 e. The SMILES string of the molecule is Cc1c(-c2nc3c(ccc4ccccc43)[nH]c2=O)c2ccccc2n1CCCN. The van der Waals surface area contributed by atoms with Crippen molar-refractivity contribution in [3.8, 4) is 11.3 Å². The third-order valence-electron chi connectivity index (χ3n) is 5.64. The van der Waals surface area contributed by atoms with E-state index in [1.54, 1.807) is 0 Å². The van der Waals surface area contributed by atoms with Crippen LogP contribution >= 0.6 is 0 Å².